The Morgan fingerprint density at radius 1 is 0.966 bits per heavy atom. The predicted octanol–water partition coefficient (Wildman–Crippen LogP) is 3.63. The van der Waals surface area contributed by atoms with Crippen LogP contribution in [0.2, 0.25) is 0 Å². The van der Waals surface area contributed by atoms with E-state index in [9.17, 15) is 4.79 Å². The minimum atomic E-state index is -0.162. The maximum Gasteiger partial charge on any atom is 0.314 e. The minimum absolute atomic E-state index is 0.107. The van der Waals surface area contributed by atoms with Gasteiger partial charge in [-0.15, -0.1) is 0 Å². The molecule has 29 heavy (non-hydrogen) atoms. The molecule has 0 fully saturated rings. The molecule has 0 aliphatic carbocycles. The SMILES string of the molecule is CCN(CC)C(CNC(=O)NCCc1ccccc1OC)c1ccc(OC)cc1. The first-order valence-electron chi connectivity index (χ1n) is 10.1. The zero-order chi connectivity index (χ0) is 21.1. The smallest absolute Gasteiger partial charge is 0.314 e. The van der Waals surface area contributed by atoms with E-state index in [1.807, 2.05) is 36.4 Å². The van der Waals surface area contributed by atoms with Gasteiger partial charge in [0.25, 0.3) is 0 Å². The van der Waals surface area contributed by atoms with Gasteiger partial charge >= 0.3 is 6.03 Å². The molecule has 158 valence electrons. The Bertz CT molecular complexity index is 745. The van der Waals surface area contributed by atoms with Crippen molar-refractivity contribution in [2.24, 2.45) is 0 Å². The van der Waals surface area contributed by atoms with Crippen LogP contribution in [0.1, 0.15) is 31.0 Å². The van der Waals surface area contributed by atoms with Gasteiger partial charge in [0, 0.05) is 13.1 Å². The third-order valence-corrected chi connectivity index (χ3v) is 5.08. The number of nitrogens with zero attached hydrogens (tertiary/aromatic N) is 1. The van der Waals surface area contributed by atoms with Crippen LogP contribution in [0.15, 0.2) is 48.5 Å². The normalized spacial score (nSPS) is 11.8. The predicted molar refractivity (Wildman–Crippen MR) is 117 cm³/mol. The molecule has 2 aromatic rings. The van der Waals surface area contributed by atoms with E-state index in [0.717, 1.165) is 42.1 Å². The van der Waals surface area contributed by atoms with E-state index in [-0.39, 0.29) is 12.1 Å². The van der Waals surface area contributed by atoms with Crippen LogP contribution >= 0.6 is 0 Å². The van der Waals surface area contributed by atoms with Crippen LogP contribution in [0.5, 0.6) is 11.5 Å². The van der Waals surface area contributed by atoms with E-state index in [1.165, 1.54) is 0 Å². The fraction of sp³-hybridized carbons (Fsp3) is 0.435. The van der Waals surface area contributed by atoms with Gasteiger partial charge in [0.2, 0.25) is 0 Å². The second-order valence-electron chi connectivity index (χ2n) is 6.71. The molecule has 0 spiro atoms. The molecule has 0 saturated heterocycles. The van der Waals surface area contributed by atoms with E-state index in [0.29, 0.717) is 13.1 Å². The average Bonchev–Trinajstić information content (AvgIpc) is 2.77. The molecule has 1 unspecified atom stereocenters. The number of rotatable bonds is 11. The highest BCUT2D eigenvalue weighted by molar-refractivity contribution is 5.73. The summed E-state index contributed by atoms with van der Waals surface area (Å²) in [6, 6.07) is 15.8. The second kappa shape index (κ2) is 12.0. The Balaban J connectivity index is 1.91. The van der Waals surface area contributed by atoms with Gasteiger partial charge in [-0.2, -0.15) is 0 Å². The van der Waals surface area contributed by atoms with Crippen molar-refractivity contribution in [3.63, 3.8) is 0 Å². The van der Waals surface area contributed by atoms with Crippen LogP contribution in [0.4, 0.5) is 4.79 Å². The summed E-state index contributed by atoms with van der Waals surface area (Å²) in [5.74, 6) is 1.67. The number of para-hydroxylation sites is 1. The number of amides is 2. The van der Waals surface area contributed by atoms with Crippen molar-refractivity contribution in [3.05, 3.63) is 59.7 Å². The molecule has 2 aromatic carbocycles. The molecular formula is C23H33N3O3. The fourth-order valence-corrected chi connectivity index (χ4v) is 3.42. The number of benzene rings is 2. The molecule has 0 saturated carbocycles. The lowest BCUT2D eigenvalue weighted by Crippen LogP contribution is -2.42. The summed E-state index contributed by atoms with van der Waals surface area (Å²) < 4.78 is 10.6. The van der Waals surface area contributed by atoms with Crippen molar-refractivity contribution in [2.75, 3.05) is 40.4 Å². The molecule has 0 aromatic heterocycles. The molecule has 1 atom stereocenters. The van der Waals surface area contributed by atoms with Crippen LogP contribution in [0.3, 0.4) is 0 Å². The number of likely N-dealkylation sites (N-methyl/N-ethyl adjacent to an activating group) is 1. The molecule has 6 nitrogen and oxygen atoms in total. The van der Waals surface area contributed by atoms with Gasteiger partial charge < -0.3 is 20.1 Å². The number of hydrogen-bond donors (Lipinski definition) is 2. The van der Waals surface area contributed by atoms with Crippen molar-refractivity contribution < 1.29 is 14.3 Å². The maximum atomic E-state index is 12.3. The Kier molecular flexibility index (Phi) is 9.31. The Morgan fingerprint density at radius 2 is 1.66 bits per heavy atom. The first kappa shape index (κ1) is 22.6. The summed E-state index contributed by atoms with van der Waals surface area (Å²) in [6.45, 7) is 7.16. The monoisotopic (exact) mass is 399 g/mol. The summed E-state index contributed by atoms with van der Waals surface area (Å²) in [6.07, 6.45) is 0.718. The number of carbonyl (C=O) groups excluding carboxylic acids is 1. The van der Waals surface area contributed by atoms with Crippen molar-refractivity contribution in [2.45, 2.75) is 26.3 Å². The standard InChI is InChI=1S/C23H33N3O3/c1-5-26(6-2)21(18-11-13-20(28-3)14-12-18)17-25-23(27)24-16-15-19-9-7-8-10-22(19)29-4/h7-14,21H,5-6,15-17H2,1-4H3,(H2,24,25,27). The number of carbonyl (C=O) groups is 1. The number of urea groups is 1. The van der Waals surface area contributed by atoms with Gasteiger partial charge in [-0.05, 0) is 48.8 Å². The molecule has 0 radical (unpaired) electrons. The molecule has 2 amide bonds. The van der Waals surface area contributed by atoms with Gasteiger partial charge in [0.05, 0.1) is 20.3 Å². The molecular weight excluding hydrogens is 366 g/mol. The molecule has 0 heterocycles. The fourth-order valence-electron chi connectivity index (χ4n) is 3.42. The lowest BCUT2D eigenvalue weighted by Gasteiger charge is -2.30. The number of methoxy groups -OCH3 is 2. The third kappa shape index (κ3) is 6.68. The maximum absolute atomic E-state index is 12.3. The minimum Gasteiger partial charge on any atom is -0.497 e. The van der Waals surface area contributed by atoms with E-state index in [4.69, 9.17) is 9.47 Å². The largest absolute Gasteiger partial charge is 0.497 e. The molecule has 0 bridgehead atoms. The zero-order valence-corrected chi connectivity index (χ0v) is 17.9. The van der Waals surface area contributed by atoms with Gasteiger partial charge in [-0.1, -0.05) is 44.2 Å². The summed E-state index contributed by atoms with van der Waals surface area (Å²) in [7, 11) is 3.32. The first-order chi connectivity index (χ1) is 14.1. The Hall–Kier alpha value is -2.73. The third-order valence-electron chi connectivity index (χ3n) is 5.08. The van der Waals surface area contributed by atoms with E-state index < -0.39 is 0 Å². The number of hydrogen-bond acceptors (Lipinski definition) is 4. The van der Waals surface area contributed by atoms with Crippen LogP contribution in [0, 0.1) is 0 Å². The van der Waals surface area contributed by atoms with Crippen LogP contribution in [-0.2, 0) is 6.42 Å². The highest BCUT2D eigenvalue weighted by atomic mass is 16.5. The van der Waals surface area contributed by atoms with E-state index >= 15 is 0 Å². The van der Waals surface area contributed by atoms with Gasteiger partial charge in [0.1, 0.15) is 11.5 Å². The van der Waals surface area contributed by atoms with Gasteiger partial charge in [-0.3, -0.25) is 4.90 Å². The molecule has 2 N–H and O–H groups in total. The molecule has 0 aliphatic rings. The number of ether oxygens (including phenoxy) is 2. The van der Waals surface area contributed by atoms with Crippen molar-refractivity contribution in [3.8, 4) is 11.5 Å². The molecule has 0 aliphatic heterocycles. The van der Waals surface area contributed by atoms with Crippen LogP contribution in [-0.4, -0.2) is 51.3 Å². The van der Waals surface area contributed by atoms with Crippen molar-refractivity contribution in [1.82, 2.24) is 15.5 Å². The highest BCUT2D eigenvalue weighted by Crippen LogP contribution is 2.22. The average molecular weight is 400 g/mol. The molecule has 2 rings (SSSR count). The summed E-state index contributed by atoms with van der Waals surface area (Å²) in [5.41, 5.74) is 2.23. The highest BCUT2D eigenvalue weighted by Gasteiger charge is 2.19. The van der Waals surface area contributed by atoms with E-state index in [2.05, 4.69) is 41.5 Å². The van der Waals surface area contributed by atoms with E-state index in [1.54, 1.807) is 14.2 Å². The summed E-state index contributed by atoms with van der Waals surface area (Å²) in [4.78, 5) is 14.7. The summed E-state index contributed by atoms with van der Waals surface area (Å²) >= 11 is 0. The summed E-state index contributed by atoms with van der Waals surface area (Å²) in [5, 5.41) is 5.96. The first-order valence-corrected chi connectivity index (χ1v) is 10.1. The lowest BCUT2D eigenvalue weighted by atomic mass is 10.0. The van der Waals surface area contributed by atoms with Gasteiger partial charge in [0.15, 0.2) is 0 Å². The topological polar surface area (TPSA) is 62.8 Å². The molecule has 6 heteroatoms. The van der Waals surface area contributed by atoms with Crippen molar-refractivity contribution >= 4 is 6.03 Å². The zero-order valence-electron chi connectivity index (χ0n) is 17.9. The quantitative estimate of drug-likeness (QED) is 0.606. The Labute approximate surface area is 174 Å². The lowest BCUT2D eigenvalue weighted by molar-refractivity contribution is 0.206. The van der Waals surface area contributed by atoms with Gasteiger partial charge in [-0.25, -0.2) is 4.79 Å². The van der Waals surface area contributed by atoms with Crippen LogP contribution < -0.4 is 20.1 Å². The number of nitrogens with one attached hydrogen (secondary N) is 2. The van der Waals surface area contributed by atoms with Crippen molar-refractivity contribution in [1.29, 1.82) is 0 Å². The second-order valence-corrected chi connectivity index (χ2v) is 6.71. The Morgan fingerprint density at radius 3 is 2.28 bits per heavy atom. The van der Waals surface area contributed by atoms with Crippen LogP contribution in [0.25, 0.3) is 0 Å².